The molecule has 1 aliphatic rings. The van der Waals surface area contributed by atoms with Crippen LogP contribution in [0.3, 0.4) is 0 Å². The maximum absolute atomic E-state index is 10.8. The molecule has 0 fully saturated rings. The van der Waals surface area contributed by atoms with Crippen LogP contribution in [0, 0.1) is 0 Å². The summed E-state index contributed by atoms with van der Waals surface area (Å²) in [5.41, 5.74) is 0.892. The average Bonchev–Trinajstić information content (AvgIpc) is 2.16. The quantitative estimate of drug-likeness (QED) is 0.825. The van der Waals surface area contributed by atoms with E-state index in [1.807, 2.05) is 18.2 Å². The van der Waals surface area contributed by atoms with E-state index in [0.29, 0.717) is 5.75 Å². The van der Waals surface area contributed by atoms with Crippen molar-refractivity contribution in [2.45, 2.75) is 10.9 Å². The largest absolute Gasteiger partial charge is 0.480 e. The van der Waals surface area contributed by atoms with E-state index < -0.39 is 12.0 Å². The van der Waals surface area contributed by atoms with E-state index in [1.165, 1.54) is 0 Å². The molecule has 0 amide bonds. The molecular weight excluding hydrogens is 266 g/mol. The van der Waals surface area contributed by atoms with Crippen LogP contribution in [0.1, 0.15) is 0 Å². The first kappa shape index (κ1) is 9.86. The van der Waals surface area contributed by atoms with Gasteiger partial charge in [-0.05, 0) is 18.2 Å². The van der Waals surface area contributed by atoms with Crippen molar-refractivity contribution in [3.05, 3.63) is 22.7 Å². The molecule has 1 unspecified atom stereocenters. The number of halogens is 1. The summed E-state index contributed by atoms with van der Waals surface area (Å²) in [5, 5.41) is 11.8. The molecule has 1 aliphatic heterocycles. The lowest BCUT2D eigenvalue weighted by Crippen LogP contribution is -2.33. The van der Waals surface area contributed by atoms with Crippen LogP contribution in [0.15, 0.2) is 27.6 Å². The summed E-state index contributed by atoms with van der Waals surface area (Å²) >= 11 is 4.92. The van der Waals surface area contributed by atoms with Gasteiger partial charge < -0.3 is 10.4 Å². The highest BCUT2D eigenvalue weighted by Crippen LogP contribution is 2.34. The van der Waals surface area contributed by atoms with Gasteiger partial charge in [0, 0.05) is 20.8 Å². The molecule has 2 N–H and O–H groups in total. The van der Waals surface area contributed by atoms with Gasteiger partial charge in [-0.15, -0.1) is 11.8 Å². The first-order valence-corrected chi connectivity index (χ1v) is 5.86. The van der Waals surface area contributed by atoms with Gasteiger partial charge in [0.1, 0.15) is 6.04 Å². The number of nitrogens with one attached hydrogen (secondary N) is 1. The topological polar surface area (TPSA) is 49.3 Å². The van der Waals surface area contributed by atoms with Crippen LogP contribution >= 0.6 is 27.7 Å². The van der Waals surface area contributed by atoms with Crippen molar-refractivity contribution in [1.29, 1.82) is 0 Å². The molecule has 0 bridgehead atoms. The van der Waals surface area contributed by atoms with Gasteiger partial charge in [-0.25, -0.2) is 4.79 Å². The SMILES string of the molecule is O=C(O)C1CSc2ccc(Br)cc2N1. The highest BCUT2D eigenvalue weighted by atomic mass is 79.9. The lowest BCUT2D eigenvalue weighted by atomic mass is 10.2. The standard InChI is InChI=1S/C9H8BrNO2S/c10-5-1-2-8-6(3-5)11-7(4-14-8)9(12)13/h1-3,7,11H,4H2,(H,12,13). The van der Waals surface area contributed by atoms with Crippen LogP contribution in [0.5, 0.6) is 0 Å². The van der Waals surface area contributed by atoms with Gasteiger partial charge in [-0.1, -0.05) is 15.9 Å². The Kier molecular flexibility index (Phi) is 2.69. The van der Waals surface area contributed by atoms with Crippen LogP contribution in [0.25, 0.3) is 0 Å². The van der Waals surface area contributed by atoms with E-state index >= 15 is 0 Å². The summed E-state index contributed by atoms with van der Waals surface area (Å²) in [6.45, 7) is 0. The zero-order valence-electron chi connectivity index (χ0n) is 7.16. The molecule has 1 aromatic carbocycles. The first-order valence-electron chi connectivity index (χ1n) is 4.08. The maximum atomic E-state index is 10.8. The lowest BCUT2D eigenvalue weighted by molar-refractivity contribution is -0.137. The van der Waals surface area contributed by atoms with Crippen LogP contribution in [0.4, 0.5) is 5.69 Å². The molecule has 3 nitrogen and oxygen atoms in total. The molecule has 0 saturated heterocycles. The number of hydrogen-bond acceptors (Lipinski definition) is 3. The molecule has 0 spiro atoms. The number of fused-ring (bicyclic) bond motifs is 1. The molecule has 5 heteroatoms. The second-order valence-electron chi connectivity index (χ2n) is 2.99. The third-order valence-corrected chi connectivity index (χ3v) is 3.64. The Labute approximate surface area is 94.0 Å². The van der Waals surface area contributed by atoms with Gasteiger partial charge in [0.2, 0.25) is 0 Å². The minimum absolute atomic E-state index is 0.484. The minimum Gasteiger partial charge on any atom is -0.480 e. The molecule has 14 heavy (non-hydrogen) atoms. The Morgan fingerprint density at radius 3 is 3.14 bits per heavy atom. The second-order valence-corrected chi connectivity index (χ2v) is 4.96. The fraction of sp³-hybridized carbons (Fsp3) is 0.222. The van der Waals surface area contributed by atoms with E-state index in [2.05, 4.69) is 21.2 Å². The minimum atomic E-state index is -0.803. The van der Waals surface area contributed by atoms with Gasteiger partial charge in [-0.2, -0.15) is 0 Å². The van der Waals surface area contributed by atoms with Gasteiger partial charge in [-0.3, -0.25) is 0 Å². The third-order valence-electron chi connectivity index (χ3n) is 1.97. The lowest BCUT2D eigenvalue weighted by Gasteiger charge is -2.23. The summed E-state index contributed by atoms with van der Waals surface area (Å²) in [5.74, 6) is -0.229. The fourth-order valence-corrected chi connectivity index (χ4v) is 2.65. The zero-order chi connectivity index (χ0) is 10.1. The van der Waals surface area contributed by atoms with Crippen molar-refractivity contribution in [1.82, 2.24) is 0 Å². The van der Waals surface area contributed by atoms with Crippen LogP contribution in [0.2, 0.25) is 0 Å². The third kappa shape index (κ3) is 1.88. The number of carbonyl (C=O) groups is 1. The number of carboxylic acid groups (broad SMARTS) is 1. The number of hydrogen-bond donors (Lipinski definition) is 2. The molecule has 74 valence electrons. The van der Waals surface area contributed by atoms with Gasteiger partial charge in [0.05, 0.1) is 0 Å². The van der Waals surface area contributed by atoms with E-state index in [-0.39, 0.29) is 0 Å². The average molecular weight is 274 g/mol. The number of aliphatic carboxylic acids is 1. The Hall–Kier alpha value is -0.680. The zero-order valence-corrected chi connectivity index (χ0v) is 9.56. The molecule has 0 aliphatic carbocycles. The Morgan fingerprint density at radius 1 is 1.64 bits per heavy atom. The smallest absolute Gasteiger partial charge is 0.326 e. The predicted molar refractivity (Wildman–Crippen MR) is 59.9 cm³/mol. The van der Waals surface area contributed by atoms with E-state index in [4.69, 9.17) is 5.11 Å². The molecule has 1 atom stereocenters. The number of anilines is 1. The van der Waals surface area contributed by atoms with Crippen LogP contribution in [-0.2, 0) is 4.79 Å². The van der Waals surface area contributed by atoms with Gasteiger partial charge in [0.25, 0.3) is 0 Å². The highest BCUT2D eigenvalue weighted by molar-refractivity contribution is 9.10. The van der Waals surface area contributed by atoms with Gasteiger partial charge >= 0.3 is 5.97 Å². The number of carboxylic acids is 1. The Morgan fingerprint density at radius 2 is 2.43 bits per heavy atom. The molecule has 1 aromatic rings. The van der Waals surface area contributed by atoms with Gasteiger partial charge in [0.15, 0.2) is 0 Å². The van der Waals surface area contributed by atoms with Crippen LogP contribution < -0.4 is 5.32 Å². The van der Waals surface area contributed by atoms with Crippen molar-refractivity contribution in [2.24, 2.45) is 0 Å². The summed E-state index contributed by atoms with van der Waals surface area (Å²) in [6, 6.07) is 5.35. The van der Waals surface area contributed by atoms with E-state index in [1.54, 1.807) is 11.8 Å². The first-order chi connectivity index (χ1) is 6.66. The second kappa shape index (κ2) is 3.82. The molecule has 0 aromatic heterocycles. The summed E-state index contributed by atoms with van der Waals surface area (Å²) in [6.07, 6.45) is 0. The van der Waals surface area contributed by atoms with E-state index in [9.17, 15) is 4.79 Å². The summed E-state index contributed by atoms with van der Waals surface area (Å²) < 4.78 is 0.954. The highest BCUT2D eigenvalue weighted by Gasteiger charge is 2.23. The Bertz CT molecular complexity index is 383. The Balaban J connectivity index is 2.29. The van der Waals surface area contributed by atoms with Crippen molar-refractivity contribution >= 4 is 39.3 Å². The van der Waals surface area contributed by atoms with Crippen molar-refractivity contribution in [3.8, 4) is 0 Å². The molecule has 2 rings (SSSR count). The summed E-state index contributed by atoms with van der Waals surface area (Å²) in [7, 11) is 0. The number of thioether (sulfide) groups is 1. The molecular formula is C9H8BrNO2S. The molecule has 0 saturated carbocycles. The monoisotopic (exact) mass is 273 g/mol. The fourth-order valence-electron chi connectivity index (χ4n) is 1.28. The summed E-state index contributed by atoms with van der Waals surface area (Å²) in [4.78, 5) is 11.9. The predicted octanol–water partition coefficient (Wildman–Crippen LogP) is 2.42. The van der Waals surface area contributed by atoms with Crippen molar-refractivity contribution in [3.63, 3.8) is 0 Å². The maximum Gasteiger partial charge on any atom is 0.326 e. The molecule has 0 radical (unpaired) electrons. The van der Waals surface area contributed by atoms with Crippen molar-refractivity contribution in [2.75, 3.05) is 11.1 Å². The normalized spacial score (nSPS) is 19.6. The number of benzene rings is 1. The molecule has 1 heterocycles. The van der Waals surface area contributed by atoms with Crippen LogP contribution in [-0.4, -0.2) is 22.9 Å². The van der Waals surface area contributed by atoms with E-state index in [0.717, 1.165) is 15.1 Å². The number of rotatable bonds is 1. The van der Waals surface area contributed by atoms with Crippen molar-refractivity contribution < 1.29 is 9.90 Å².